The zero-order chi connectivity index (χ0) is 24.7. The number of hydrogen-bond donors (Lipinski definition) is 2. The predicted octanol–water partition coefficient (Wildman–Crippen LogP) is 5.06. The third-order valence-corrected chi connectivity index (χ3v) is 6.45. The number of nitrogens with zero attached hydrogens (tertiary/aromatic N) is 4. The van der Waals surface area contributed by atoms with E-state index in [1.165, 1.54) is 11.8 Å². The van der Waals surface area contributed by atoms with Crippen LogP contribution < -0.4 is 10.1 Å². The molecule has 5 aromatic rings. The minimum absolute atomic E-state index is 0.115. The van der Waals surface area contributed by atoms with Crippen LogP contribution in [0.5, 0.6) is 5.75 Å². The van der Waals surface area contributed by atoms with E-state index in [-0.39, 0.29) is 11.7 Å². The molecule has 36 heavy (non-hydrogen) atoms. The minimum atomic E-state index is -0.115. The molecule has 0 fully saturated rings. The average Bonchev–Trinajstić information content (AvgIpc) is 3.51. The monoisotopic (exact) mass is 498 g/mol. The van der Waals surface area contributed by atoms with Gasteiger partial charge in [0.05, 0.1) is 23.4 Å². The van der Waals surface area contributed by atoms with E-state index in [1.54, 1.807) is 0 Å². The van der Waals surface area contributed by atoms with E-state index in [2.05, 4.69) is 25.5 Å². The maximum atomic E-state index is 12.6. The number of fused-ring (bicyclic) bond motifs is 1. The molecular formula is C27H26N6O2S. The number of carbonyl (C=O) groups excluding carboxylic acids is 1. The van der Waals surface area contributed by atoms with Crippen LogP contribution in [-0.4, -0.2) is 43.0 Å². The van der Waals surface area contributed by atoms with Crippen LogP contribution in [0.25, 0.3) is 16.7 Å². The summed E-state index contributed by atoms with van der Waals surface area (Å²) in [6.45, 7) is 2.54. The Labute approximate surface area is 213 Å². The van der Waals surface area contributed by atoms with E-state index in [1.807, 2.05) is 90.4 Å². The number of imidazole rings is 1. The van der Waals surface area contributed by atoms with Gasteiger partial charge in [0, 0.05) is 24.2 Å². The number of H-pyrrole nitrogens is 1. The molecule has 1 amide bonds. The molecule has 0 aliphatic rings. The van der Waals surface area contributed by atoms with Crippen LogP contribution in [0.15, 0.2) is 84.0 Å². The molecule has 0 bridgehead atoms. The van der Waals surface area contributed by atoms with E-state index in [0.717, 1.165) is 39.8 Å². The zero-order valence-electron chi connectivity index (χ0n) is 19.8. The van der Waals surface area contributed by atoms with Crippen molar-refractivity contribution in [2.75, 3.05) is 17.7 Å². The Bertz CT molecular complexity index is 1410. The van der Waals surface area contributed by atoms with E-state index in [9.17, 15) is 4.79 Å². The summed E-state index contributed by atoms with van der Waals surface area (Å²) in [7, 11) is 0. The summed E-state index contributed by atoms with van der Waals surface area (Å²) in [4.78, 5) is 20.7. The van der Waals surface area contributed by atoms with E-state index in [4.69, 9.17) is 4.74 Å². The Kier molecular flexibility index (Phi) is 7.28. The molecule has 3 aromatic carbocycles. The summed E-state index contributed by atoms with van der Waals surface area (Å²) >= 11 is 1.36. The van der Waals surface area contributed by atoms with Gasteiger partial charge in [-0.1, -0.05) is 42.1 Å². The molecule has 0 atom stereocenters. The van der Waals surface area contributed by atoms with Crippen LogP contribution in [0.3, 0.4) is 0 Å². The third kappa shape index (κ3) is 5.58. The fourth-order valence-corrected chi connectivity index (χ4v) is 4.65. The maximum Gasteiger partial charge on any atom is 0.234 e. The second kappa shape index (κ2) is 11.1. The molecule has 9 heteroatoms. The number of thioether (sulfide) groups is 1. The standard InChI is InChI=1S/C27H26N6O2S/c1-2-35-21-14-12-19(13-15-21)28-26(34)18-36-27-32-31-25(33(27)20-8-4-3-5-9-20)17-16-24-29-22-10-6-7-11-23(22)30-24/h3-15H,2,16-18H2,1H3,(H,28,34)(H,29,30). The number of hydrogen-bond acceptors (Lipinski definition) is 6. The summed E-state index contributed by atoms with van der Waals surface area (Å²) in [6.07, 6.45) is 1.35. The van der Waals surface area contributed by atoms with Crippen molar-refractivity contribution in [3.8, 4) is 11.4 Å². The Morgan fingerprint density at radius 2 is 1.75 bits per heavy atom. The van der Waals surface area contributed by atoms with Gasteiger partial charge in [-0.15, -0.1) is 10.2 Å². The molecule has 0 saturated carbocycles. The van der Waals surface area contributed by atoms with Gasteiger partial charge in [0.1, 0.15) is 17.4 Å². The fraction of sp³-hybridized carbons (Fsp3) is 0.185. The maximum absolute atomic E-state index is 12.6. The number of rotatable bonds is 10. The number of para-hydroxylation sites is 3. The Morgan fingerprint density at radius 3 is 2.53 bits per heavy atom. The van der Waals surface area contributed by atoms with Crippen molar-refractivity contribution in [1.29, 1.82) is 0 Å². The molecule has 0 spiro atoms. The van der Waals surface area contributed by atoms with Gasteiger partial charge in [0.15, 0.2) is 5.16 Å². The van der Waals surface area contributed by atoms with Gasteiger partial charge in [-0.25, -0.2) is 4.98 Å². The van der Waals surface area contributed by atoms with Gasteiger partial charge in [-0.3, -0.25) is 9.36 Å². The van der Waals surface area contributed by atoms with Crippen LogP contribution in [0.4, 0.5) is 5.69 Å². The van der Waals surface area contributed by atoms with Crippen LogP contribution in [0.1, 0.15) is 18.6 Å². The van der Waals surface area contributed by atoms with E-state index >= 15 is 0 Å². The largest absolute Gasteiger partial charge is 0.494 e. The average molecular weight is 499 g/mol. The predicted molar refractivity (Wildman–Crippen MR) is 142 cm³/mol. The molecule has 2 aromatic heterocycles. The number of amides is 1. The second-order valence-electron chi connectivity index (χ2n) is 8.06. The zero-order valence-corrected chi connectivity index (χ0v) is 20.7. The van der Waals surface area contributed by atoms with Crippen LogP contribution in [0.2, 0.25) is 0 Å². The number of aromatic nitrogens is 5. The van der Waals surface area contributed by atoms with E-state index < -0.39 is 0 Å². The van der Waals surface area contributed by atoms with Gasteiger partial charge < -0.3 is 15.0 Å². The molecule has 182 valence electrons. The van der Waals surface area contributed by atoms with Crippen molar-refractivity contribution in [2.24, 2.45) is 0 Å². The molecule has 8 nitrogen and oxygen atoms in total. The van der Waals surface area contributed by atoms with Crippen molar-refractivity contribution >= 4 is 34.4 Å². The Morgan fingerprint density at radius 1 is 0.972 bits per heavy atom. The molecule has 0 aliphatic carbocycles. The summed E-state index contributed by atoms with van der Waals surface area (Å²) in [5.41, 5.74) is 3.65. The lowest BCUT2D eigenvalue weighted by atomic mass is 10.2. The van der Waals surface area contributed by atoms with Crippen molar-refractivity contribution < 1.29 is 9.53 Å². The van der Waals surface area contributed by atoms with Crippen molar-refractivity contribution in [3.05, 3.63) is 90.5 Å². The molecular weight excluding hydrogens is 472 g/mol. The molecule has 2 heterocycles. The Hall–Kier alpha value is -4.11. The van der Waals surface area contributed by atoms with Gasteiger partial charge in [0.25, 0.3) is 0 Å². The highest BCUT2D eigenvalue weighted by Crippen LogP contribution is 2.24. The summed E-state index contributed by atoms with van der Waals surface area (Å²) in [5, 5.41) is 12.5. The quantitative estimate of drug-likeness (QED) is 0.261. The van der Waals surface area contributed by atoms with Crippen LogP contribution >= 0.6 is 11.8 Å². The normalized spacial score (nSPS) is 11.0. The summed E-state index contributed by atoms with van der Waals surface area (Å²) in [6, 6.07) is 25.3. The molecule has 2 N–H and O–H groups in total. The summed E-state index contributed by atoms with van der Waals surface area (Å²) in [5.74, 6) is 2.59. The first-order valence-corrected chi connectivity index (χ1v) is 12.8. The lowest BCUT2D eigenvalue weighted by Crippen LogP contribution is -2.14. The lowest BCUT2D eigenvalue weighted by Gasteiger charge is -2.10. The highest BCUT2D eigenvalue weighted by molar-refractivity contribution is 7.99. The Balaban J connectivity index is 1.28. The topological polar surface area (TPSA) is 97.7 Å². The molecule has 0 saturated heterocycles. The number of nitrogens with one attached hydrogen (secondary N) is 2. The van der Waals surface area contributed by atoms with Crippen molar-refractivity contribution in [3.63, 3.8) is 0 Å². The lowest BCUT2D eigenvalue weighted by molar-refractivity contribution is -0.113. The SMILES string of the molecule is CCOc1ccc(NC(=O)CSc2nnc(CCc3nc4ccccc4[nH]3)n2-c2ccccc2)cc1. The highest BCUT2D eigenvalue weighted by Gasteiger charge is 2.17. The third-order valence-electron chi connectivity index (χ3n) is 5.52. The first-order chi connectivity index (χ1) is 17.7. The highest BCUT2D eigenvalue weighted by atomic mass is 32.2. The number of ether oxygens (including phenoxy) is 1. The smallest absolute Gasteiger partial charge is 0.234 e. The first-order valence-electron chi connectivity index (χ1n) is 11.8. The van der Waals surface area contributed by atoms with Gasteiger partial charge in [-0.05, 0) is 55.5 Å². The molecule has 0 radical (unpaired) electrons. The number of aryl methyl sites for hydroxylation is 2. The van der Waals surface area contributed by atoms with E-state index in [0.29, 0.717) is 24.6 Å². The molecule has 0 aliphatic heterocycles. The number of aromatic amines is 1. The molecule has 0 unspecified atom stereocenters. The van der Waals surface area contributed by atoms with Crippen molar-refractivity contribution in [1.82, 2.24) is 24.7 Å². The van der Waals surface area contributed by atoms with Gasteiger partial charge in [0.2, 0.25) is 5.91 Å². The van der Waals surface area contributed by atoms with Gasteiger partial charge in [-0.2, -0.15) is 0 Å². The fourth-order valence-electron chi connectivity index (χ4n) is 3.87. The number of anilines is 1. The van der Waals surface area contributed by atoms with Crippen molar-refractivity contribution in [2.45, 2.75) is 24.9 Å². The summed E-state index contributed by atoms with van der Waals surface area (Å²) < 4.78 is 7.46. The van der Waals surface area contributed by atoms with Crippen LogP contribution in [0, 0.1) is 0 Å². The van der Waals surface area contributed by atoms with Crippen LogP contribution in [-0.2, 0) is 17.6 Å². The minimum Gasteiger partial charge on any atom is -0.494 e. The molecule has 5 rings (SSSR count). The van der Waals surface area contributed by atoms with Gasteiger partial charge >= 0.3 is 0 Å². The second-order valence-corrected chi connectivity index (χ2v) is 9.01. The first kappa shape index (κ1) is 23.6. The number of benzene rings is 3. The number of carbonyl (C=O) groups is 1.